The van der Waals surface area contributed by atoms with Crippen molar-refractivity contribution in [2.45, 2.75) is 6.92 Å². The maximum atomic E-state index is 12.1. The summed E-state index contributed by atoms with van der Waals surface area (Å²) in [5.74, 6) is -0.385. The third-order valence-corrected chi connectivity index (χ3v) is 3.04. The molecule has 0 aromatic heterocycles. The minimum Gasteiger partial charge on any atom is -0.383 e. The maximum Gasteiger partial charge on any atom is 0.293 e. The van der Waals surface area contributed by atoms with Gasteiger partial charge in [0.1, 0.15) is 5.69 Å². The second-order valence-electron chi connectivity index (χ2n) is 4.56. The minimum absolute atomic E-state index is 0.131. The van der Waals surface area contributed by atoms with Crippen LogP contribution in [0.15, 0.2) is 42.5 Å². The smallest absolute Gasteiger partial charge is 0.293 e. The van der Waals surface area contributed by atoms with Gasteiger partial charge in [0.15, 0.2) is 0 Å². The fourth-order valence-electron chi connectivity index (χ4n) is 1.88. The van der Waals surface area contributed by atoms with Crippen molar-refractivity contribution in [2.75, 3.05) is 17.7 Å². The number of hydrogen-bond acceptors (Lipinski definition) is 4. The summed E-state index contributed by atoms with van der Waals surface area (Å²) in [6.07, 6.45) is 0. The summed E-state index contributed by atoms with van der Waals surface area (Å²) in [4.78, 5) is 22.6. The van der Waals surface area contributed by atoms with Gasteiger partial charge in [0.2, 0.25) is 0 Å². The molecule has 2 aromatic rings. The molecule has 0 heterocycles. The van der Waals surface area contributed by atoms with Gasteiger partial charge in [-0.15, -0.1) is 0 Å². The molecule has 2 aromatic carbocycles. The summed E-state index contributed by atoms with van der Waals surface area (Å²) in [5, 5.41) is 16.4. The van der Waals surface area contributed by atoms with Gasteiger partial charge < -0.3 is 10.6 Å². The van der Waals surface area contributed by atoms with Crippen LogP contribution in [0.4, 0.5) is 17.1 Å². The van der Waals surface area contributed by atoms with Gasteiger partial charge in [0.05, 0.1) is 4.92 Å². The summed E-state index contributed by atoms with van der Waals surface area (Å²) in [7, 11) is 1.59. The van der Waals surface area contributed by atoms with Gasteiger partial charge in [-0.1, -0.05) is 17.7 Å². The second kappa shape index (κ2) is 6.04. The van der Waals surface area contributed by atoms with Gasteiger partial charge >= 0.3 is 0 Å². The number of aryl methyl sites for hydroxylation is 1. The number of benzene rings is 2. The van der Waals surface area contributed by atoms with Crippen LogP contribution in [0.1, 0.15) is 15.9 Å². The Bertz CT molecular complexity index is 681. The van der Waals surface area contributed by atoms with Crippen molar-refractivity contribution < 1.29 is 9.72 Å². The molecule has 0 unspecified atom stereocenters. The predicted molar refractivity (Wildman–Crippen MR) is 81.8 cm³/mol. The Hall–Kier alpha value is -2.89. The van der Waals surface area contributed by atoms with Gasteiger partial charge in [-0.2, -0.15) is 0 Å². The first kappa shape index (κ1) is 14.5. The number of nitrogens with zero attached hydrogens (tertiary/aromatic N) is 1. The number of carbonyl (C=O) groups is 1. The molecule has 2 N–H and O–H groups in total. The SMILES string of the molecule is CNc1ccc(C(=O)Nc2ccc(C)cc2)cc1[N+](=O)[O-]. The fourth-order valence-corrected chi connectivity index (χ4v) is 1.88. The van der Waals surface area contributed by atoms with E-state index in [0.29, 0.717) is 11.4 Å². The van der Waals surface area contributed by atoms with E-state index in [0.717, 1.165) is 5.56 Å². The number of anilines is 2. The highest BCUT2D eigenvalue weighted by Gasteiger charge is 2.16. The van der Waals surface area contributed by atoms with Gasteiger partial charge in [0, 0.05) is 24.4 Å². The van der Waals surface area contributed by atoms with E-state index in [1.54, 1.807) is 25.2 Å². The Labute approximate surface area is 121 Å². The molecular weight excluding hydrogens is 270 g/mol. The third-order valence-electron chi connectivity index (χ3n) is 3.04. The third kappa shape index (κ3) is 3.36. The van der Waals surface area contributed by atoms with Crippen molar-refractivity contribution in [1.82, 2.24) is 0 Å². The van der Waals surface area contributed by atoms with Crippen molar-refractivity contribution in [3.63, 3.8) is 0 Å². The topological polar surface area (TPSA) is 84.3 Å². The van der Waals surface area contributed by atoms with E-state index >= 15 is 0 Å². The zero-order valence-electron chi connectivity index (χ0n) is 11.7. The molecule has 0 atom stereocenters. The van der Waals surface area contributed by atoms with Crippen molar-refractivity contribution in [2.24, 2.45) is 0 Å². The van der Waals surface area contributed by atoms with Crippen LogP contribution in [0.3, 0.4) is 0 Å². The lowest BCUT2D eigenvalue weighted by Gasteiger charge is -2.07. The van der Waals surface area contributed by atoms with Crippen LogP contribution in [0.5, 0.6) is 0 Å². The average Bonchev–Trinajstić information content (AvgIpc) is 2.48. The van der Waals surface area contributed by atoms with Crippen LogP contribution >= 0.6 is 0 Å². The molecule has 0 saturated heterocycles. The van der Waals surface area contributed by atoms with Crippen molar-refractivity contribution >= 4 is 23.0 Å². The van der Waals surface area contributed by atoms with E-state index in [4.69, 9.17) is 0 Å². The van der Waals surface area contributed by atoms with E-state index in [9.17, 15) is 14.9 Å². The normalized spacial score (nSPS) is 10.0. The summed E-state index contributed by atoms with van der Waals surface area (Å²) in [6.45, 7) is 1.95. The van der Waals surface area contributed by atoms with Crippen LogP contribution in [-0.4, -0.2) is 17.9 Å². The molecule has 0 bridgehead atoms. The van der Waals surface area contributed by atoms with Crippen molar-refractivity contribution in [3.8, 4) is 0 Å². The van der Waals surface area contributed by atoms with Gasteiger partial charge in [-0.05, 0) is 31.2 Å². The number of nitro groups is 1. The molecule has 0 aliphatic carbocycles. The van der Waals surface area contributed by atoms with E-state index in [1.807, 2.05) is 19.1 Å². The van der Waals surface area contributed by atoms with E-state index in [2.05, 4.69) is 10.6 Å². The van der Waals surface area contributed by atoms with Crippen LogP contribution in [0, 0.1) is 17.0 Å². The molecule has 1 amide bonds. The Morgan fingerprint density at radius 3 is 2.38 bits per heavy atom. The Kier molecular flexibility index (Phi) is 4.18. The van der Waals surface area contributed by atoms with E-state index in [1.165, 1.54) is 12.1 Å². The largest absolute Gasteiger partial charge is 0.383 e. The molecule has 6 heteroatoms. The first-order chi connectivity index (χ1) is 10.0. The molecule has 0 saturated carbocycles. The number of hydrogen-bond donors (Lipinski definition) is 2. The summed E-state index contributed by atoms with van der Waals surface area (Å²) >= 11 is 0. The zero-order chi connectivity index (χ0) is 15.4. The molecule has 2 rings (SSSR count). The Morgan fingerprint density at radius 1 is 1.14 bits per heavy atom. The molecule has 0 spiro atoms. The van der Waals surface area contributed by atoms with Gasteiger partial charge in [-0.25, -0.2) is 0 Å². The summed E-state index contributed by atoms with van der Waals surface area (Å²) < 4.78 is 0. The molecule has 0 aliphatic rings. The summed E-state index contributed by atoms with van der Waals surface area (Å²) in [6, 6.07) is 11.6. The minimum atomic E-state index is -0.519. The lowest BCUT2D eigenvalue weighted by Crippen LogP contribution is -2.12. The Balaban J connectivity index is 2.25. The number of amides is 1. The lowest BCUT2D eigenvalue weighted by molar-refractivity contribution is -0.384. The van der Waals surface area contributed by atoms with Crippen molar-refractivity contribution in [3.05, 3.63) is 63.7 Å². The van der Waals surface area contributed by atoms with Gasteiger partial charge in [-0.3, -0.25) is 14.9 Å². The molecule has 6 nitrogen and oxygen atoms in total. The van der Waals surface area contributed by atoms with Crippen LogP contribution < -0.4 is 10.6 Å². The number of nitrogens with one attached hydrogen (secondary N) is 2. The quantitative estimate of drug-likeness (QED) is 0.667. The molecular formula is C15H15N3O3. The lowest BCUT2D eigenvalue weighted by atomic mass is 10.1. The number of rotatable bonds is 4. The highest BCUT2D eigenvalue weighted by molar-refractivity contribution is 6.05. The van der Waals surface area contributed by atoms with E-state index < -0.39 is 4.92 Å². The average molecular weight is 285 g/mol. The molecule has 108 valence electrons. The molecule has 0 radical (unpaired) electrons. The van der Waals surface area contributed by atoms with Crippen LogP contribution in [0.2, 0.25) is 0 Å². The fraction of sp³-hybridized carbons (Fsp3) is 0.133. The van der Waals surface area contributed by atoms with Crippen LogP contribution in [0.25, 0.3) is 0 Å². The number of nitro benzene ring substituents is 1. The highest BCUT2D eigenvalue weighted by Crippen LogP contribution is 2.25. The van der Waals surface area contributed by atoms with Crippen molar-refractivity contribution in [1.29, 1.82) is 0 Å². The zero-order valence-corrected chi connectivity index (χ0v) is 11.7. The van der Waals surface area contributed by atoms with E-state index in [-0.39, 0.29) is 17.2 Å². The predicted octanol–water partition coefficient (Wildman–Crippen LogP) is 3.20. The second-order valence-corrected chi connectivity index (χ2v) is 4.56. The molecule has 0 fully saturated rings. The van der Waals surface area contributed by atoms with Crippen LogP contribution in [-0.2, 0) is 0 Å². The first-order valence-electron chi connectivity index (χ1n) is 6.35. The maximum absolute atomic E-state index is 12.1. The standard InChI is InChI=1S/C15H15N3O3/c1-10-3-6-12(7-4-10)17-15(19)11-5-8-13(16-2)14(9-11)18(20)21/h3-9,16H,1-2H3,(H,17,19). The first-order valence-corrected chi connectivity index (χ1v) is 6.35. The Morgan fingerprint density at radius 2 is 1.81 bits per heavy atom. The summed E-state index contributed by atoms with van der Waals surface area (Å²) in [5.41, 5.74) is 2.20. The molecule has 21 heavy (non-hydrogen) atoms. The number of carbonyl (C=O) groups excluding carboxylic acids is 1. The highest BCUT2D eigenvalue weighted by atomic mass is 16.6. The van der Waals surface area contributed by atoms with Gasteiger partial charge in [0.25, 0.3) is 11.6 Å². The monoisotopic (exact) mass is 285 g/mol. The molecule has 0 aliphatic heterocycles.